The van der Waals surface area contributed by atoms with Gasteiger partial charge in [0.2, 0.25) is 12.7 Å². The molecule has 0 saturated carbocycles. The van der Waals surface area contributed by atoms with Crippen molar-refractivity contribution in [2.45, 2.75) is 38.3 Å². The van der Waals surface area contributed by atoms with Crippen LogP contribution in [0.15, 0.2) is 30.3 Å². The second kappa shape index (κ2) is 8.76. The lowest BCUT2D eigenvalue weighted by molar-refractivity contribution is -0.121. The number of hydrogen-bond acceptors (Lipinski definition) is 8. The Balaban J connectivity index is 1.18. The van der Waals surface area contributed by atoms with Crippen LogP contribution in [0.5, 0.6) is 11.5 Å². The topological polar surface area (TPSA) is 112 Å². The fraction of sp³-hybridized carbons (Fsp3) is 0.429. The zero-order valence-corrected chi connectivity index (χ0v) is 17.0. The van der Waals surface area contributed by atoms with Gasteiger partial charge in [0, 0.05) is 32.5 Å². The molecule has 2 aliphatic heterocycles. The first-order valence-electron chi connectivity index (χ1n) is 10.5. The average Bonchev–Trinajstić information content (AvgIpc) is 3.55. The number of nitrogens with zero attached hydrogens (tertiary/aromatic N) is 4. The van der Waals surface area contributed by atoms with Crippen LogP contribution in [-0.2, 0) is 22.5 Å². The molecule has 162 valence electrons. The Labute approximate surface area is 178 Å². The van der Waals surface area contributed by atoms with Crippen molar-refractivity contribution >= 4 is 17.4 Å². The van der Waals surface area contributed by atoms with Gasteiger partial charge in [0.25, 0.3) is 0 Å². The Hall–Kier alpha value is -3.40. The standard InChI is InChI=1S/C21H24N6O4/c28-21(23-12-15-2-1-9-29-15)8-7-20-25-24-19-6-5-18(26-27(19)20)22-11-14-3-4-16-17(10-14)31-13-30-16/h3-6,10,15H,1-2,7-9,11-13H2,(H,22,26)(H,23,28). The van der Waals surface area contributed by atoms with Crippen LogP contribution in [-0.4, -0.2) is 51.8 Å². The largest absolute Gasteiger partial charge is 0.454 e. The zero-order valence-electron chi connectivity index (χ0n) is 17.0. The van der Waals surface area contributed by atoms with Gasteiger partial charge in [-0.2, -0.15) is 4.52 Å². The van der Waals surface area contributed by atoms with Crippen LogP contribution < -0.4 is 20.1 Å². The van der Waals surface area contributed by atoms with Crippen molar-refractivity contribution in [2.75, 3.05) is 25.3 Å². The van der Waals surface area contributed by atoms with Crippen LogP contribution in [0, 0.1) is 0 Å². The minimum atomic E-state index is -0.0238. The number of anilines is 1. The molecule has 1 atom stereocenters. The van der Waals surface area contributed by atoms with Crippen LogP contribution in [0.3, 0.4) is 0 Å². The number of rotatable bonds is 8. The Kier molecular flexibility index (Phi) is 5.53. The molecule has 2 aliphatic rings. The van der Waals surface area contributed by atoms with Crippen molar-refractivity contribution in [3.8, 4) is 11.5 Å². The maximum Gasteiger partial charge on any atom is 0.231 e. The molecule has 2 N–H and O–H groups in total. The van der Waals surface area contributed by atoms with E-state index < -0.39 is 0 Å². The van der Waals surface area contributed by atoms with E-state index in [1.165, 1.54) is 0 Å². The summed E-state index contributed by atoms with van der Waals surface area (Å²) in [5.41, 5.74) is 1.70. The number of fused-ring (bicyclic) bond motifs is 2. The number of aryl methyl sites for hydroxylation is 1. The molecule has 10 heteroatoms. The first-order valence-corrected chi connectivity index (χ1v) is 10.5. The van der Waals surface area contributed by atoms with E-state index >= 15 is 0 Å². The predicted octanol–water partition coefficient (Wildman–Crippen LogP) is 1.69. The minimum Gasteiger partial charge on any atom is -0.454 e. The summed E-state index contributed by atoms with van der Waals surface area (Å²) in [6.07, 6.45) is 2.98. The van der Waals surface area contributed by atoms with Gasteiger partial charge in [0.05, 0.1) is 6.10 Å². The molecule has 5 rings (SSSR count). The van der Waals surface area contributed by atoms with E-state index in [-0.39, 0.29) is 18.8 Å². The van der Waals surface area contributed by atoms with Gasteiger partial charge in [-0.05, 0) is 42.7 Å². The summed E-state index contributed by atoms with van der Waals surface area (Å²) in [5, 5.41) is 19.1. The third kappa shape index (κ3) is 4.53. The molecule has 1 amide bonds. The molecular formula is C21H24N6O4. The second-order valence-electron chi connectivity index (χ2n) is 7.59. The molecule has 4 heterocycles. The molecule has 0 aliphatic carbocycles. The Morgan fingerprint density at radius 1 is 1.16 bits per heavy atom. The highest BCUT2D eigenvalue weighted by Crippen LogP contribution is 2.32. The quantitative estimate of drug-likeness (QED) is 0.562. The molecule has 1 fully saturated rings. The highest BCUT2D eigenvalue weighted by atomic mass is 16.7. The molecule has 10 nitrogen and oxygen atoms in total. The molecule has 31 heavy (non-hydrogen) atoms. The van der Waals surface area contributed by atoms with Gasteiger partial charge in [-0.1, -0.05) is 6.07 Å². The average molecular weight is 424 g/mol. The van der Waals surface area contributed by atoms with E-state index in [4.69, 9.17) is 14.2 Å². The molecule has 0 radical (unpaired) electrons. The van der Waals surface area contributed by atoms with Crippen LogP contribution >= 0.6 is 0 Å². The maximum atomic E-state index is 12.2. The zero-order chi connectivity index (χ0) is 21.0. The predicted molar refractivity (Wildman–Crippen MR) is 111 cm³/mol. The highest BCUT2D eigenvalue weighted by molar-refractivity contribution is 5.76. The molecular weight excluding hydrogens is 400 g/mol. The number of carbonyl (C=O) groups excluding carboxylic acids is 1. The van der Waals surface area contributed by atoms with Gasteiger partial charge in [0.15, 0.2) is 23.0 Å². The number of aromatic nitrogens is 4. The lowest BCUT2D eigenvalue weighted by atomic mass is 10.2. The van der Waals surface area contributed by atoms with Gasteiger partial charge in [-0.25, -0.2) is 0 Å². The van der Waals surface area contributed by atoms with Crippen LogP contribution in [0.4, 0.5) is 5.82 Å². The van der Waals surface area contributed by atoms with E-state index in [1.807, 2.05) is 30.3 Å². The maximum absolute atomic E-state index is 12.2. The van der Waals surface area contributed by atoms with Crippen molar-refractivity contribution in [2.24, 2.45) is 0 Å². The van der Waals surface area contributed by atoms with E-state index in [0.717, 1.165) is 36.5 Å². The van der Waals surface area contributed by atoms with E-state index in [0.29, 0.717) is 43.2 Å². The first kappa shape index (κ1) is 19.6. The number of hydrogen-bond donors (Lipinski definition) is 2. The van der Waals surface area contributed by atoms with Crippen molar-refractivity contribution in [1.29, 1.82) is 0 Å². The lowest BCUT2D eigenvalue weighted by Crippen LogP contribution is -2.32. The van der Waals surface area contributed by atoms with E-state index in [1.54, 1.807) is 4.52 Å². The fourth-order valence-corrected chi connectivity index (χ4v) is 3.67. The third-order valence-electron chi connectivity index (χ3n) is 5.36. The first-order chi connectivity index (χ1) is 15.2. The Morgan fingerprint density at radius 2 is 2.10 bits per heavy atom. The highest BCUT2D eigenvalue weighted by Gasteiger charge is 2.17. The summed E-state index contributed by atoms with van der Waals surface area (Å²) in [7, 11) is 0. The van der Waals surface area contributed by atoms with Crippen LogP contribution in [0.2, 0.25) is 0 Å². The van der Waals surface area contributed by atoms with E-state index in [2.05, 4.69) is 25.9 Å². The summed E-state index contributed by atoms with van der Waals surface area (Å²) >= 11 is 0. The molecule has 1 saturated heterocycles. The molecule has 3 aromatic rings. The molecule has 0 spiro atoms. The van der Waals surface area contributed by atoms with Crippen LogP contribution in [0.1, 0.15) is 30.7 Å². The van der Waals surface area contributed by atoms with Crippen molar-refractivity contribution < 1.29 is 19.0 Å². The summed E-state index contributed by atoms with van der Waals surface area (Å²) in [4.78, 5) is 12.2. The SMILES string of the molecule is O=C(CCc1nnc2ccc(NCc3ccc4c(c3)OCO4)nn12)NCC1CCCO1. The summed E-state index contributed by atoms with van der Waals surface area (Å²) < 4.78 is 18.0. The second-order valence-corrected chi connectivity index (χ2v) is 7.59. The molecule has 1 unspecified atom stereocenters. The van der Waals surface area contributed by atoms with Gasteiger partial charge in [-0.15, -0.1) is 15.3 Å². The van der Waals surface area contributed by atoms with Crippen molar-refractivity contribution in [3.63, 3.8) is 0 Å². The molecule has 2 aromatic heterocycles. The Morgan fingerprint density at radius 3 is 3.00 bits per heavy atom. The number of ether oxygens (including phenoxy) is 3. The third-order valence-corrected chi connectivity index (χ3v) is 5.36. The number of amides is 1. The monoisotopic (exact) mass is 424 g/mol. The van der Waals surface area contributed by atoms with Gasteiger partial charge >= 0.3 is 0 Å². The normalized spacial score (nSPS) is 17.2. The Bertz CT molecular complexity index is 1080. The number of nitrogens with one attached hydrogen (secondary N) is 2. The summed E-state index contributed by atoms with van der Waals surface area (Å²) in [5.74, 6) is 2.83. The van der Waals surface area contributed by atoms with Gasteiger partial charge in [0.1, 0.15) is 5.82 Å². The van der Waals surface area contributed by atoms with Gasteiger partial charge < -0.3 is 24.8 Å². The smallest absolute Gasteiger partial charge is 0.231 e. The lowest BCUT2D eigenvalue weighted by Gasteiger charge is -2.10. The summed E-state index contributed by atoms with van der Waals surface area (Å²) in [6.45, 7) is 2.18. The molecule has 1 aromatic carbocycles. The van der Waals surface area contributed by atoms with Crippen molar-refractivity contribution in [3.05, 3.63) is 41.7 Å². The van der Waals surface area contributed by atoms with E-state index in [9.17, 15) is 4.79 Å². The summed E-state index contributed by atoms with van der Waals surface area (Å²) in [6, 6.07) is 9.54. The molecule has 0 bridgehead atoms. The fourth-order valence-electron chi connectivity index (χ4n) is 3.67. The van der Waals surface area contributed by atoms with Crippen LogP contribution in [0.25, 0.3) is 5.65 Å². The van der Waals surface area contributed by atoms with Gasteiger partial charge in [-0.3, -0.25) is 4.79 Å². The van der Waals surface area contributed by atoms with Crippen molar-refractivity contribution in [1.82, 2.24) is 25.1 Å². The minimum absolute atomic E-state index is 0.0238. The number of carbonyl (C=O) groups is 1. The number of benzene rings is 1.